The van der Waals surface area contributed by atoms with Crippen LogP contribution in [0.25, 0.3) is 76.5 Å². The van der Waals surface area contributed by atoms with E-state index in [2.05, 4.69) is 0 Å². The van der Waals surface area contributed by atoms with Crippen LogP contribution in [-0.4, -0.2) is 149 Å². The molecule has 0 amide bonds. The summed E-state index contributed by atoms with van der Waals surface area (Å²) in [5, 5.41) is 3.12. The maximum absolute atomic E-state index is 7.11. The largest absolute Gasteiger partial charge is 0.113 e. The van der Waals surface area contributed by atoms with Crippen molar-refractivity contribution < 1.29 is 0 Å². The van der Waals surface area contributed by atoms with Gasteiger partial charge in [-0.25, -0.2) is 0 Å². The van der Waals surface area contributed by atoms with E-state index in [1.54, 1.807) is 0 Å². The highest BCUT2D eigenvalue weighted by Crippen LogP contribution is 2.42. The van der Waals surface area contributed by atoms with E-state index < -0.39 is 0 Å². The Bertz CT molecular complexity index is 3140. The fraction of sp³-hybridized carbons (Fsp3) is 0. The van der Waals surface area contributed by atoms with Crippen molar-refractivity contribution in [3.63, 3.8) is 0 Å². The quantitative estimate of drug-likeness (QED) is 0.128. The van der Waals surface area contributed by atoms with Gasteiger partial charge < -0.3 is 0 Å². The summed E-state index contributed by atoms with van der Waals surface area (Å²) in [6.45, 7) is 0. The molecule has 0 saturated carbocycles. The molecule has 8 aromatic carbocycles. The van der Waals surface area contributed by atoms with Crippen LogP contribution in [-0.2, 0) is 0 Å². The molecule has 0 aliphatic heterocycles. The summed E-state index contributed by atoms with van der Waals surface area (Å²) in [6, 6.07) is 13.4. The standard InChI is InChI=1S/C40H7B19/c41-22-13-11(10-7-3-5-8-4-1-2-6-9(8)10)14-16(25(44)38(57)36(55)23(14)42)12(15(13)24(43)37(56)35(22)54)19-28(47)30(49)20(31(50)29(19)48)17-18-21(32(51)34(53)26(17)45)33(52)40(59)39(58)27(18)46/h1-7H. The minimum atomic E-state index is -0.137. The van der Waals surface area contributed by atoms with Crippen LogP contribution in [0.5, 0.6) is 0 Å². The molecule has 0 nitrogen and oxygen atoms in total. The smallest absolute Gasteiger partial charge is 0.110 e. The molecule has 0 aromatic heterocycles. The van der Waals surface area contributed by atoms with Crippen LogP contribution in [0.3, 0.4) is 0 Å². The van der Waals surface area contributed by atoms with Gasteiger partial charge in [0.05, 0.1) is 0 Å². The van der Waals surface area contributed by atoms with Crippen molar-refractivity contribution in [2.24, 2.45) is 0 Å². The molecule has 0 spiro atoms. The van der Waals surface area contributed by atoms with Gasteiger partial charge in [-0.1, -0.05) is 108 Å². The van der Waals surface area contributed by atoms with Crippen molar-refractivity contribution in [3.8, 4) is 33.4 Å². The summed E-state index contributed by atoms with van der Waals surface area (Å²) in [5.41, 5.74) is 0.719. The predicted octanol–water partition coefficient (Wildman–Crippen LogP) is -11.6. The summed E-state index contributed by atoms with van der Waals surface area (Å²) in [5.74, 6) is 0. The third kappa shape index (κ3) is 5.64. The molecule has 0 fully saturated rings. The fourth-order valence-corrected chi connectivity index (χ4v) is 8.45. The first-order valence-electron chi connectivity index (χ1n) is 17.8. The van der Waals surface area contributed by atoms with E-state index in [1.165, 1.54) is 0 Å². The van der Waals surface area contributed by atoms with E-state index in [4.69, 9.17) is 149 Å². The van der Waals surface area contributed by atoms with Crippen LogP contribution in [0, 0.1) is 0 Å². The first-order chi connectivity index (χ1) is 27.8. The second kappa shape index (κ2) is 14.6. The molecule has 0 N–H and O–H groups in total. The van der Waals surface area contributed by atoms with Gasteiger partial charge in [0, 0.05) is 0 Å². The predicted molar refractivity (Wildman–Crippen MR) is 275 cm³/mol. The molecule has 0 bridgehead atoms. The van der Waals surface area contributed by atoms with Crippen LogP contribution in [0.15, 0.2) is 42.5 Å². The number of rotatable bonds is 3. The number of benzene rings is 8. The minimum absolute atomic E-state index is 0.00340. The zero-order chi connectivity index (χ0) is 43.0. The molecule has 19 heteroatoms. The molecule has 0 heterocycles. The summed E-state index contributed by atoms with van der Waals surface area (Å²) in [7, 11) is 128. The molecular weight excluding hydrogens is 686 g/mol. The zero-order valence-corrected chi connectivity index (χ0v) is 31.5. The topological polar surface area (TPSA) is 0 Å². The monoisotopic (exact) mass is 696 g/mol. The summed E-state index contributed by atoms with van der Waals surface area (Å²) in [6.07, 6.45) is 0. The molecule has 0 atom stereocenters. The Kier molecular flexibility index (Phi) is 10.3. The Hall–Kier alpha value is -3.97. The van der Waals surface area contributed by atoms with Crippen LogP contribution < -0.4 is 104 Å². The van der Waals surface area contributed by atoms with Crippen LogP contribution >= 0.6 is 0 Å². The molecule has 224 valence electrons. The molecule has 59 heavy (non-hydrogen) atoms. The van der Waals surface area contributed by atoms with Crippen molar-refractivity contribution in [1.29, 1.82) is 0 Å². The third-order valence-electron chi connectivity index (χ3n) is 11.6. The van der Waals surface area contributed by atoms with Crippen LogP contribution in [0.1, 0.15) is 0 Å². The second-order valence-corrected chi connectivity index (χ2v) is 14.5. The molecular formula is C40H7B19. The Morgan fingerprint density at radius 2 is 0.492 bits per heavy atom. The van der Waals surface area contributed by atoms with Gasteiger partial charge in [0.1, 0.15) is 149 Å². The van der Waals surface area contributed by atoms with Gasteiger partial charge in [0.25, 0.3) is 0 Å². The van der Waals surface area contributed by atoms with Gasteiger partial charge in [0.15, 0.2) is 0 Å². The van der Waals surface area contributed by atoms with E-state index in [0.717, 1.165) is 10.8 Å². The first-order valence-corrected chi connectivity index (χ1v) is 17.8. The van der Waals surface area contributed by atoms with E-state index in [9.17, 15) is 0 Å². The second-order valence-electron chi connectivity index (χ2n) is 14.5. The van der Waals surface area contributed by atoms with Crippen molar-refractivity contribution in [3.05, 3.63) is 42.5 Å². The third-order valence-corrected chi connectivity index (χ3v) is 11.6. The van der Waals surface area contributed by atoms with Gasteiger partial charge in [-0.15, -0.1) is 38.2 Å². The number of hydrogen-bond acceptors (Lipinski definition) is 0. The minimum Gasteiger partial charge on any atom is -0.110 e. The lowest BCUT2D eigenvalue weighted by Crippen LogP contribution is -2.53. The Morgan fingerprint density at radius 3 is 0.915 bits per heavy atom. The molecule has 8 aromatic rings. The average Bonchev–Trinajstić information content (AvgIpc) is 3.22. The Balaban J connectivity index is 1.66. The summed E-state index contributed by atoms with van der Waals surface area (Å²) >= 11 is 0. The maximum atomic E-state index is 7.11. The molecule has 0 aliphatic rings. The van der Waals surface area contributed by atoms with Gasteiger partial charge in [-0.05, 0) is 76.5 Å². The first kappa shape index (κ1) is 41.8. The van der Waals surface area contributed by atoms with Gasteiger partial charge in [0.2, 0.25) is 0 Å². The maximum Gasteiger partial charge on any atom is 0.113 e. The summed E-state index contributed by atoms with van der Waals surface area (Å²) in [4.78, 5) is 0. The van der Waals surface area contributed by atoms with Crippen LogP contribution in [0.4, 0.5) is 0 Å². The van der Waals surface area contributed by atoms with E-state index in [0.29, 0.717) is 21.9 Å². The summed E-state index contributed by atoms with van der Waals surface area (Å²) < 4.78 is 0. The fourth-order valence-electron chi connectivity index (χ4n) is 8.45. The van der Waals surface area contributed by atoms with Gasteiger partial charge >= 0.3 is 0 Å². The highest BCUT2D eigenvalue weighted by molar-refractivity contribution is 6.75. The Morgan fingerprint density at radius 1 is 0.203 bits per heavy atom. The van der Waals surface area contributed by atoms with Crippen molar-refractivity contribution in [2.75, 3.05) is 0 Å². The zero-order valence-electron chi connectivity index (χ0n) is 31.5. The molecule has 0 unspecified atom stereocenters. The van der Waals surface area contributed by atoms with E-state index in [-0.39, 0.29) is 148 Å². The van der Waals surface area contributed by atoms with Crippen molar-refractivity contribution in [1.82, 2.24) is 0 Å². The lowest BCUT2D eigenvalue weighted by Gasteiger charge is -2.32. The molecule has 0 saturated heterocycles. The van der Waals surface area contributed by atoms with Gasteiger partial charge in [-0.2, -0.15) is 0 Å². The normalized spacial score (nSPS) is 11.7. The highest BCUT2D eigenvalue weighted by atomic mass is 14.3. The Labute approximate surface area is 369 Å². The highest BCUT2D eigenvalue weighted by Gasteiger charge is 2.29. The van der Waals surface area contributed by atoms with E-state index >= 15 is 0 Å². The van der Waals surface area contributed by atoms with Crippen molar-refractivity contribution >= 4 is 296 Å². The van der Waals surface area contributed by atoms with Crippen molar-refractivity contribution in [2.45, 2.75) is 0 Å². The number of hydrogen-bond donors (Lipinski definition) is 0. The lowest BCUT2D eigenvalue weighted by atomic mass is 9.55. The van der Waals surface area contributed by atoms with Crippen LogP contribution in [0.2, 0.25) is 0 Å². The SMILES string of the molecule is [B]c1c([B])c(-c2c3c([B])c([B])c([B])c([B])c3c(-c3cccc4ccccc34)c3c([B])c([B])c([B])c([B])c23)c([B])c([B])c1-c1c([B])c([B])c([B])c2c([B])c([B])c([B])c([B])c12. The molecule has 38 radical (unpaired) electrons. The molecule has 0 aliphatic carbocycles. The average molecular weight is 693 g/mol. The van der Waals surface area contributed by atoms with E-state index in [1.807, 2.05) is 42.5 Å². The number of fused-ring (bicyclic) bond motifs is 4. The lowest BCUT2D eigenvalue weighted by molar-refractivity contribution is 1.73. The molecule has 8 rings (SSSR count). The van der Waals surface area contributed by atoms with Gasteiger partial charge in [-0.3, -0.25) is 0 Å².